The molecule has 200 valence electrons. The van der Waals surface area contributed by atoms with Crippen LogP contribution in [0.3, 0.4) is 0 Å². The van der Waals surface area contributed by atoms with Crippen LogP contribution in [-0.2, 0) is 26.2 Å². The smallest absolute Gasteiger partial charge is 0.408 e. The Morgan fingerprint density at radius 3 is 2.28 bits per heavy atom. The van der Waals surface area contributed by atoms with Crippen molar-refractivity contribution in [2.75, 3.05) is 5.32 Å². The van der Waals surface area contributed by atoms with Gasteiger partial charge in [0, 0.05) is 32.2 Å². The van der Waals surface area contributed by atoms with Gasteiger partial charge >= 0.3 is 6.09 Å². The number of nitrogens with one attached hydrogen (secondary N) is 3. The van der Waals surface area contributed by atoms with Crippen LogP contribution in [0.15, 0.2) is 12.3 Å². The van der Waals surface area contributed by atoms with Crippen molar-refractivity contribution < 1.29 is 32.7 Å². The molecule has 12 heteroatoms. The summed E-state index contributed by atoms with van der Waals surface area (Å²) in [4.78, 5) is 51.4. The van der Waals surface area contributed by atoms with Crippen molar-refractivity contribution >= 4 is 29.5 Å². The van der Waals surface area contributed by atoms with E-state index in [0.29, 0.717) is 0 Å². The molecule has 0 spiro atoms. The summed E-state index contributed by atoms with van der Waals surface area (Å²) >= 11 is 0. The first-order valence-corrected chi connectivity index (χ1v) is 12.1. The minimum atomic E-state index is -3.22. The molecule has 36 heavy (non-hydrogen) atoms. The molecule has 0 unspecified atom stereocenters. The van der Waals surface area contributed by atoms with Gasteiger partial charge in [0.2, 0.25) is 11.7 Å². The van der Waals surface area contributed by atoms with Crippen LogP contribution in [0.25, 0.3) is 0 Å². The zero-order valence-electron chi connectivity index (χ0n) is 21.4. The molecular weight excluding hydrogens is 476 g/mol. The highest BCUT2D eigenvalue weighted by molar-refractivity contribution is 6.44. The van der Waals surface area contributed by atoms with Gasteiger partial charge in [0.05, 0.1) is 0 Å². The number of ketones is 1. The van der Waals surface area contributed by atoms with Crippen molar-refractivity contribution in [3.8, 4) is 0 Å². The van der Waals surface area contributed by atoms with Crippen LogP contribution in [-0.4, -0.2) is 56.6 Å². The van der Waals surface area contributed by atoms with Gasteiger partial charge in [-0.15, -0.1) is 0 Å². The maximum atomic E-state index is 14.0. The highest BCUT2D eigenvalue weighted by Gasteiger charge is 2.63. The Labute approximate surface area is 208 Å². The van der Waals surface area contributed by atoms with E-state index in [9.17, 15) is 28.0 Å². The van der Waals surface area contributed by atoms with E-state index in [1.165, 1.54) is 16.9 Å². The van der Waals surface area contributed by atoms with Crippen molar-refractivity contribution in [2.24, 2.45) is 12.5 Å². The van der Waals surface area contributed by atoms with Crippen LogP contribution < -0.4 is 16.0 Å². The molecule has 0 aliphatic heterocycles. The molecule has 2 fully saturated rings. The van der Waals surface area contributed by atoms with E-state index in [4.69, 9.17) is 4.74 Å². The third-order valence-electron chi connectivity index (χ3n) is 6.59. The van der Waals surface area contributed by atoms with E-state index >= 15 is 0 Å². The number of aryl methyl sites for hydroxylation is 1. The Morgan fingerprint density at radius 1 is 1.17 bits per heavy atom. The number of alkyl halides is 2. The second-order valence-corrected chi connectivity index (χ2v) is 11.4. The molecule has 2 aliphatic carbocycles. The number of hydrogen-bond acceptors (Lipinski definition) is 6. The Kier molecular flexibility index (Phi) is 7.48. The van der Waals surface area contributed by atoms with Crippen LogP contribution in [0.2, 0.25) is 0 Å². The number of halogens is 2. The number of rotatable bonds is 8. The molecule has 0 saturated heterocycles. The van der Waals surface area contributed by atoms with Crippen LogP contribution in [0.4, 0.5) is 19.4 Å². The molecule has 1 aromatic heterocycles. The predicted octanol–water partition coefficient (Wildman–Crippen LogP) is 3.08. The summed E-state index contributed by atoms with van der Waals surface area (Å²) in [6.07, 6.45) is 2.51. The predicted molar refractivity (Wildman–Crippen MR) is 126 cm³/mol. The quantitative estimate of drug-likeness (QED) is 0.460. The number of nitrogens with zero attached hydrogens (tertiary/aromatic N) is 2. The number of carbonyl (C=O) groups excluding carboxylic acids is 4. The summed E-state index contributed by atoms with van der Waals surface area (Å²) in [6.45, 7) is 7.01. The summed E-state index contributed by atoms with van der Waals surface area (Å²) < 4.78 is 34.6. The van der Waals surface area contributed by atoms with Crippen molar-refractivity contribution in [3.05, 3.63) is 12.3 Å². The van der Waals surface area contributed by atoms with Crippen LogP contribution in [0.1, 0.15) is 72.6 Å². The monoisotopic (exact) mass is 511 g/mol. The van der Waals surface area contributed by atoms with Gasteiger partial charge in [0.15, 0.2) is 5.82 Å². The fraction of sp³-hybridized carbons (Fsp3) is 0.708. The van der Waals surface area contributed by atoms with Gasteiger partial charge in [0.1, 0.15) is 17.2 Å². The number of amides is 3. The summed E-state index contributed by atoms with van der Waals surface area (Å²) in [5.74, 6) is -6.33. The lowest BCUT2D eigenvalue weighted by molar-refractivity contribution is -0.167. The van der Waals surface area contributed by atoms with Crippen molar-refractivity contribution in [1.29, 1.82) is 0 Å². The highest BCUT2D eigenvalue weighted by Crippen LogP contribution is 2.47. The molecule has 3 rings (SSSR count). The minimum absolute atomic E-state index is 0.0713. The molecule has 0 radical (unpaired) electrons. The summed E-state index contributed by atoms with van der Waals surface area (Å²) in [6, 6.07) is 0.301. The average Bonchev–Trinajstić information content (AvgIpc) is 3.31. The molecule has 2 saturated carbocycles. The van der Waals surface area contributed by atoms with Gasteiger partial charge < -0.3 is 20.7 Å². The molecule has 2 aliphatic rings. The minimum Gasteiger partial charge on any atom is -0.444 e. The van der Waals surface area contributed by atoms with Crippen molar-refractivity contribution in [3.63, 3.8) is 0 Å². The largest absolute Gasteiger partial charge is 0.444 e. The first kappa shape index (κ1) is 27.5. The maximum Gasteiger partial charge on any atom is 0.408 e. The third-order valence-corrected chi connectivity index (χ3v) is 6.59. The second-order valence-electron chi connectivity index (χ2n) is 11.4. The molecule has 1 aromatic rings. The number of anilines is 1. The summed E-state index contributed by atoms with van der Waals surface area (Å²) in [5, 5.41) is 11.2. The van der Waals surface area contributed by atoms with Gasteiger partial charge in [-0.25, -0.2) is 13.6 Å². The number of carbonyl (C=O) groups is 4. The van der Waals surface area contributed by atoms with Gasteiger partial charge in [-0.2, -0.15) is 5.10 Å². The lowest BCUT2D eigenvalue weighted by Gasteiger charge is -2.46. The lowest BCUT2D eigenvalue weighted by Crippen LogP contribution is -2.70. The Morgan fingerprint density at radius 2 is 1.78 bits per heavy atom. The van der Waals surface area contributed by atoms with E-state index < -0.39 is 59.6 Å². The molecule has 3 amide bonds. The van der Waals surface area contributed by atoms with E-state index in [1.807, 2.05) is 6.92 Å². The van der Waals surface area contributed by atoms with E-state index in [0.717, 1.165) is 25.7 Å². The molecule has 3 N–H and O–H groups in total. The first-order valence-electron chi connectivity index (χ1n) is 12.1. The number of ether oxygens (including phenoxy) is 1. The van der Waals surface area contributed by atoms with Gasteiger partial charge in [0.25, 0.3) is 11.8 Å². The molecule has 10 nitrogen and oxygen atoms in total. The molecule has 1 atom stereocenters. The highest BCUT2D eigenvalue weighted by atomic mass is 19.3. The lowest BCUT2D eigenvalue weighted by atomic mass is 9.69. The fourth-order valence-electron chi connectivity index (χ4n) is 4.92. The number of Topliss-reactive ketones (excluding diaryl/α,β-unsaturated/α-hetero) is 1. The number of hydrogen-bond donors (Lipinski definition) is 3. The third kappa shape index (κ3) is 6.79. The molecule has 1 heterocycles. The molecule has 0 bridgehead atoms. The van der Waals surface area contributed by atoms with Gasteiger partial charge in [-0.1, -0.05) is 19.8 Å². The zero-order valence-corrected chi connectivity index (χ0v) is 21.4. The Bertz CT molecular complexity index is 1020. The first-order chi connectivity index (χ1) is 16.5. The number of aromatic nitrogens is 2. The summed E-state index contributed by atoms with van der Waals surface area (Å²) in [5.41, 5.74) is -3.17. The number of alkyl carbamates (subject to hydrolysis) is 1. The topological polar surface area (TPSA) is 131 Å². The van der Waals surface area contributed by atoms with E-state index in [2.05, 4.69) is 21.0 Å². The maximum absolute atomic E-state index is 14.0. The average molecular weight is 512 g/mol. The van der Waals surface area contributed by atoms with Crippen LogP contribution in [0, 0.1) is 5.41 Å². The van der Waals surface area contributed by atoms with Crippen LogP contribution >= 0.6 is 0 Å². The molecular formula is C24H35F2N5O5. The van der Waals surface area contributed by atoms with Gasteiger partial charge in [-0.05, 0) is 45.4 Å². The molecule has 0 aromatic carbocycles. The normalized spacial score (nSPS) is 20.5. The Balaban J connectivity index is 1.79. The second kappa shape index (κ2) is 9.78. The van der Waals surface area contributed by atoms with Gasteiger partial charge in [-0.3, -0.25) is 19.1 Å². The van der Waals surface area contributed by atoms with Crippen molar-refractivity contribution in [1.82, 2.24) is 20.4 Å². The SMILES string of the molecule is Cn1ccc(NC(=O)C(=O)C2(NC(=O)[C@H](CC3(C)CCCC3)NC(=O)OC(C)(C)C)CC(F)(F)C2)n1. The standard InChI is InChI=1S/C24H35F2N5O5/c1-21(2,3)36-20(35)27-15(12-22(4)9-6-7-10-22)18(33)29-23(13-24(25,26)14-23)17(32)19(34)28-16-8-11-31(5)30-16/h8,11,15H,6-7,9-10,12-14H2,1-5H3,(H,27,35)(H,29,33)(H,28,30,34)/t15-/m0/s1. The summed E-state index contributed by atoms with van der Waals surface area (Å²) in [7, 11) is 1.61. The Hall–Kier alpha value is -3.05. The zero-order chi connectivity index (χ0) is 26.9. The fourth-order valence-corrected chi connectivity index (χ4v) is 4.92. The van der Waals surface area contributed by atoms with Crippen molar-refractivity contribution in [2.45, 2.75) is 95.7 Å². The van der Waals surface area contributed by atoms with E-state index in [-0.39, 0.29) is 17.7 Å². The van der Waals surface area contributed by atoms with Crippen LogP contribution in [0.5, 0.6) is 0 Å². The van der Waals surface area contributed by atoms with E-state index in [1.54, 1.807) is 27.8 Å².